The number of aryl methyl sites for hydroxylation is 1. The lowest BCUT2D eigenvalue weighted by atomic mass is 10.1. The normalized spacial score (nSPS) is 16.3. The van der Waals surface area contributed by atoms with Crippen LogP contribution in [0.15, 0.2) is 23.1 Å². The summed E-state index contributed by atoms with van der Waals surface area (Å²) in [7, 11) is -3.49. The fourth-order valence-corrected chi connectivity index (χ4v) is 4.81. The van der Waals surface area contributed by atoms with Gasteiger partial charge in [0.15, 0.2) is 0 Å². The van der Waals surface area contributed by atoms with Crippen molar-refractivity contribution in [1.29, 1.82) is 0 Å². The third-order valence-electron chi connectivity index (χ3n) is 3.18. The number of hydrogen-bond acceptors (Lipinski definition) is 4. The Morgan fingerprint density at radius 1 is 1.33 bits per heavy atom. The number of aliphatic hydroxyl groups excluding tert-OH is 1. The smallest absolute Gasteiger partial charge is 0.244 e. The van der Waals surface area contributed by atoms with Crippen molar-refractivity contribution in [3.05, 3.63) is 29.3 Å². The van der Waals surface area contributed by atoms with Gasteiger partial charge in [-0.25, -0.2) is 8.42 Å². The summed E-state index contributed by atoms with van der Waals surface area (Å²) in [5, 5.41) is 8.80. The number of benzene rings is 1. The molecule has 0 atom stereocenters. The fourth-order valence-electron chi connectivity index (χ4n) is 2.11. The van der Waals surface area contributed by atoms with Gasteiger partial charge in [-0.05, 0) is 24.6 Å². The predicted molar refractivity (Wildman–Crippen MR) is 85.8 cm³/mol. The van der Waals surface area contributed by atoms with Gasteiger partial charge in [-0.15, -0.1) is 0 Å². The number of hydrogen-bond donors (Lipinski definition) is 1. The Balaban J connectivity index is 2.40. The molecule has 1 fully saturated rings. The van der Waals surface area contributed by atoms with E-state index in [1.54, 1.807) is 30.0 Å². The van der Waals surface area contributed by atoms with Gasteiger partial charge in [0.05, 0.1) is 11.5 Å². The van der Waals surface area contributed by atoms with Crippen LogP contribution in [0.2, 0.25) is 0 Å². The van der Waals surface area contributed by atoms with Gasteiger partial charge in [0, 0.05) is 36.6 Å². The van der Waals surface area contributed by atoms with Crippen LogP contribution in [0.1, 0.15) is 17.5 Å². The molecule has 0 radical (unpaired) electrons. The van der Waals surface area contributed by atoms with E-state index < -0.39 is 10.0 Å². The van der Waals surface area contributed by atoms with Gasteiger partial charge < -0.3 is 5.11 Å². The second kappa shape index (κ2) is 7.32. The third kappa shape index (κ3) is 4.01. The highest BCUT2D eigenvalue weighted by atomic mass is 32.2. The van der Waals surface area contributed by atoms with E-state index in [0.29, 0.717) is 25.1 Å². The molecular weight excluding hydrogens is 306 g/mol. The van der Waals surface area contributed by atoms with Crippen molar-refractivity contribution in [3.8, 4) is 11.8 Å². The van der Waals surface area contributed by atoms with Gasteiger partial charge in [-0.2, -0.15) is 16.1 Å². The maximum absolute atomic E-state index is 12.8. The van der Waals surface area contributed by atoms with E-state index in [4.69, 9.17) is 5.11 Å². The van der Waals surface area contributed by atoms with Crippen LogP contribution in [0.5, 0.6) is 0 Å². The molecule has 0 saturated carbocycles. The summed E-state index contributed by atoms with van der Waals surface area (Å²) in [6.45, 7) is 2.98. The first-order chi connectivity index (χ1) is 10.1. The van der Waals surface area contributed by atoms with E-state index in [0.717, 1.165) is 17.1 Å². The molecule has 1 heterocycles. The summed E-state index contributed by atoms with van der Waals surface area (Å²) in [6, 6.07) is 5.22. The van der Waals surface area contributed by atoms with Gasteiger partial charge in [0.2, 0.25) is 10.0 Å². The zero-order valence-corrected chi connectivity index (χ0v) is 13.6. The van der Waals surface area contributed by atoms with Gasteiger partial charge in [-0.1, -0.05) is 17.9 Å². The van der Waals surface area contributed by atoms with E-state index in [-0.39, 0.29) is 11.5 Å². The van der Waals surface area contributed by atoms with Crippen molar-refractivity contribution >= 4 is 21.8 Å². The van der Waals surface area contributed by atoms with Crippen LogP contribution >= 0.6 is 11.8 Å². The minimum absolute atomic E-state index is 0.0236. The van der Waals surface area contributed by atoms with E-state index in [2.05, 4.69) is 11.8 Å². The minimum atomic E-state index is -3.49. The fraction of sp³-hybridized carbons (Fsp3) is 0.467. The van der Waals surface area contributed by atoms with Gasteiger partial charge >= 0.3 is 0 Å². The standard InChI is InChI=1S/C15H19NO3S2/c1-13-5-6-15(14(12-13)4-2-3-9-17)21(18,19)16-7-10-20-11-8-16/h5-6,12,17H,3,7-11H2,1H3. The lowest BCUT2D eigenvalue weighted by Gasteiger charge is -2.26. The zero-order chi connectivity index (χ0) is 15.3. The third-order valence-corrected chi connectivity index (χ3v) is 6.08. The average Bonchev–Trinajstić information content (AvgIpc) is 2.48. The molecule has 0 bridgehead atoms. The van der Waals surface area contributed by atoms with E-state index in [1.807, 2.05) is 6.92 Å². The Hall–Kier alpha value is -1.00. The molecule has 1 aromatic carbocycles. The molecular formula is C15H19NO3S2. The number of rotatable bonds is 3. The molecule has 1 saturated heterocycles. The van der Waals surface area contributed by atoms with Crippen LogP contribution in [0.4, 0.5) is 0 Å². The maximum atomic E-state index is 12.8. The lowest BCUT2D eigenvalue weighted by Crippen LogP contribution is -2.38. The second-order valence-corrected chi connectivity index (χ2v) is 7.92. The summed E-state index contributed by atoms with van der Waals surface area (Å²) in [4.78, 5) is 0.269. The van der Waals surface area contributed by atoms with Gasteiger partial charge in [0.25, 0.3) is 0 Å². The summed E-state index contributed by atoms with van der Waals surface area (Å²) in [6.07, 6.45) is 0.341. The summed E-state index contributed by atoms with van der Waals surface area (Å²) >= 11 is 1.77. The van der Waals surface area contributed by atoms with Crippen LogP contribution in [-0.2, 0) is 10.0 Å². The highest BCUT2D eigenvalue weighted by molar-refractivity contribution is 7.99. The number of nitrogens with zero attached hydrogens (tertiary/aromatic N) is 1. The molecule has 1 aliphatic heterocycles. The van der Waals surface area contributed by atoms with Crippen molar-refractivity contribution < 1.29 is 13.5 Å². The first-order valence-electron chi connectivity index (χ1n) is 6.84. The molecule has 114 valence electrons. The highest BCUT2D eigenvalue weighted by Gasteiger charge is 2.27. The Morgan fingerprint density at radius 2 is 2.05 bits per heavy atom. The first kappa shape index (κ1) is 16.4. The molecule has 0 aliphatic carbocycles. The Labute approximate surface area is 130 Å². The largest absolute Gasteiger partial charge is 0.395 e. The molecule has 1 aromatic rings. The van der Waals surface area contributed by atoms with Crippen LogP contribution in [0, 0.1) is 18.8 Å². The average molecular weight is 325 g/mol. The van der Waals surface area contributed by atoms with Gasteiger partial charge in [-0.3, -0.25) is 0 Å². The molecule has 0 amide bonds. The first-order valence-corrected chi connectivity index (χ1v) is 9.43. The Bertz CT molecular complexity index is 653. The lowest BCUT2D eigenvalue weighted by molar-refractivity contribution is 0.305. The van der Waals surface area contributed by atoms with Crippen molar-refractivity contribution in [2.24, 2.45) is 0 Å². The van der Waals surface area contributed by atoms with Crippen LogP contribution in [-0.4, -0.2) is 49.0 Å². The monoisotopic (exact) mass is 325 g/mol. The SMILES string of the molecule is Cc1ccc(S(=O)(=O)N2CCSCC2)c(C#CCCO)c1. The van der Waals surface area contributed by atoms with E-state index in [1.165, 1.54) is 4.31 Å². The number of sulfonamides is 1. The maximum Gasteiger partial charge on any atom is 0.244 e. The molecule has 4 nitrogen and oxygen atoms in total. The molecule has 6 heteroatoms. The minimum Gasteiger partial charge on any atom is -0.395 e. The number of aliphatic hydroxyl groups is 1. The number of thioether (sulfide) groups is 1. The molecule has 21 heavy (non-hydrogen) atoms. The molecule has 0 spiro atoms. The second-order valence-electron chi connectivity index (χ2n) is 4.79. The van der Waals surface area contributed by atoms with Crippen molar-refractivity contribution in [3.63, 3.8) is 0 Å². The van der Waals surface area contributed by atoms with Gasteiger partial charge in [0.1, 0.15) is 0 Å². The highest BCUT2D eigenvalue weighted by Crippen LogP contribution is 2.23. The molecule has 0 aromatic heterocycles. The van der Waals surface area contributed by atoms with E-state index in [9.17, 15) is 8.42 Å². The summed E-state index contributed by atoms with van der Waals surface area (Å²) in [5.41, 5.74) is 1.48. The summed E-state index contributed by atoms with van der Waals surface area (Å²) in [5.74, 6) is 7.35. The van der Waals surface area contributed by atoms with Crippen molar-refractivity contribution in [1.82, 2.24) is 4.31 Å². The molecule has 0 unspecified atom stereocenters. The molecule has 1 N–H and O–H groups in total. The van der Waals surface area contributed by atoms with Crippen LogP contribution in [0.3, 0.4) is 0 Å². The Kier molecular flexibility index (Phi) is 5.71. The van der Waals surface area contributed by atoms with Crippen molar-refractivity contribution in [2.75, 3.05) is 31.2 Å². The zero-order valence-electron chi connectivity index (χ0n) is 12.0. The quantitative estimate of drug-likeness (QED) is 0.855. The topological polar surface area (TPSA) is 57.6 Å². The van der Waals surface area contributed by atoms with Crippen LogP contribution in [0.25, 0.3) is 0 Å². The Morgan fingerprint density at radius 3 is 2.71 bits per heavy atom. The predicted octanol–water partition coefficient (Wildman–Crippen LogP) is 1.47. The van der Waals surface area contributed by atoms with E-state index >= 15 is 0 Å². The van der Waals surface area contributed by atoms with Crippen LogP contribution < -0.4 is 0 Å². The van der Waals surface area contributed by atoms with Crippen molar-refractivity contribution in [2.45, 2.75) is 18.2 Å². The molecule has 1 aliphatic rings. The molecule has 2 rings (SSSR count). The summed E-state index contributed by atoms with van der Waals surface area (Å²) < 4.78 is 27.0.